The number of rotatable bonds is 1. The minimum absolute atomic E-state index is 0.289. The van der Waals surface area contributed by atoms with Gasteiger partial charge in [-0.25, -0.2) is 4.39 Å². The Balaban J connectivity index is 2.39. The number of aromatic nitrogens is 2. The Hall–Kier alpha value is -1.21. The number of nitrogens with one attached hydrogen (secondary N) is 1. The Kier molecular flexibility index (Phi) is 2.95. The molecular formula is C13H8FIN2S. The fourth-order valence-electron chi connectivity index (χ4n) is 1.97. The van der Waals surface area contributed by atoms with Crippen LogP contribution in [0.1, 0.15) is 0 Å². The van der Waals surface area contributed by atoms with Gasteiger partial charge in [-0.1, -0.05) is 12.1 Å². The van der Waals surface area contributed by atoms with Crippen molar-refractivity contribution in [3.8, 4) is 5.69 Å². The summed E-state index contributed by atoms with van der Waals surface area (Å²) in [6.07, 6.45) is 0. The van der Waals surface area contributed by atoms with Crippen LogP contribution < -0.4 is 0 Å². The molecule has 0 spiro atoms. The molecule has 2 aromatic carbocycles. The molecule has 0 aliphatic heterocycles. The minimum atomic E-state index is -0.289. The Morgan fingerprint density at radius 2 is 1.94 bits per heavy atom. The van der Waals surface area contributed by atoms with E-state index in [1.54, 1.807) is 6.07 Å². The lowest BCUT2D eigenvalue weighted by Gasteiger charge is -2.04. The molecule has 0 aliphatic carbocycles. The van der Waals surface area contributed by atoms with Crippen molar-refractivity contribution in [2.24, 2.45) is 0 Å². The summed E-state index contributed by atoms with van der Waals surface area (Å²) < 4.78 is 17.1. The number of fused-ring (bicyclic) bond motifs is 1. The molecular weight excluding hydrogens is 362 g/mol. The third-order valence-electron chi connectivity index (χ3n) is 2.73. The predicted octanol–water partition coefficient (Wildman–Crippen LogP) is 4.43. The average Bonchev–Trinajstić information content (AvgIpc) is 2.67. The maximum Gasteiger partial charge on any atom is 0.182 e. The zero-order valence-corrected chi connectivity index (χ0v) is 12.1. The first-order valence-electron chi connectivity index (χ1n) is 5.32. The van der Waals surface area contributed by atoms with Crippen molar-refractivity contribution in [1.29, 1.82) is 0 Å². The highest BCUT2D eigenvalue weighted by Gasteiger charge is 2.09. The second-order valence-electron chi connectivity index (χ2n) is 3.88. The molecule has 1 N–H and O–H groups in total. The molecule has 3 rings (SSSR count). The van der Waals surface area contributed by atoms with Crippen LogP contribution in [0.15, 0.2) is 42.5 Å². The molecule has 0 saturated heterocycles. The zero-order valence-electron chi connectivity index (χ0n) is 9.15. The first-order valence-corrected chi connectivity index (χ1v) is 6.81. The number of aromatic amines is 1. The van der Waals surface area contributed by atoms with Crippen LogP contribution in [-0.4, -0.2) is 9.55 Å². The smallest absolute Gasteiger partial charge is 0.182 e. The fourth-order valence-corrected chi connectivity index (χ4v) is 2.80. The topological polar surface area (TPSA) is 20.7 Å². The molecule has 0 radical (unpaired) electrons. The molecule has 3 aromatic rings. The van der Waals surface area contributed by atoms with E-state index in [1.165, 1.54) is 6.07 Å². The summed E-state index contributed by atoms with van der Waals surface area (Å²) in [5.74, 6) is -0.289. The average molecular weight is 370 g/mol. The summed E-state index contributed by atoms with van der Waals surface area (Å²) in [7, 11) is 0. The molecule has 18 heavy (non-hydrogen) atoms. The van der Waals surface area contributed by atoms with Crippen LogP contribution in [0.3, 0.4) is 0 Å². The van der Waals surface area contributed by atoms with E-state index in [0.717, 1.165) is 14.8 Å². The van der Waals surface area contributed by atoms with Crippen LogP contribution in [0.25, 0.3) is 16.7 Å². The number of imidazole rings is 1. The second-order valence-corrected chi connectivity index (χ2v) is 5.51. The van der Waals surface area contributed by atoms with Gasteiger partial charge in [-0.05, 0) is 65.1 Å². The van der Waals surface area contributed by atoms with E-state index in [4.69, 9.17) is 12.2 Å². The van der Waals surface area contributed by atoms with Gasteiger partial charge in [0.2, 0.25) is 0 Å². The molecule has 90 valence electrons. The lowest BCUT2D eigenvalue weighted by molar-refractivity contribution is 0.637. The quantitative estimate of drug-likeness (QED) is 0.497. The van der Waals surface area contributed by atoms with Crippen molar-refractivity contribution < 1.29 is 4.39 Å². The van der Waals surface area contributed by atoms with Crippen LogP contribution in [-0.2, 0) is 0 Å². The minimum Gasteiger partial charge on any atom is -0.328 e. The van der Waals surface area contributed by atoms with Crippen molar-refractivity contribution in [2.45, 2.75) is 0 Å². The summed E-state index contributed by atoms with van der Waals surface area (Å²) in [5, 5.41) is 0. The molecule has 5 heteroatoms. The normalized spacial score (nSPS) is 11.0. The molecule has 0 fully saturated rings. The molecule has 0 bridgehead atoms. The van der Waals surface area contributed by atoms with Gasteiger partial charge >= 0.3 is 0 Å². The predicted molar refractivity (Wildman–Crippen MR) is 81.1 cm³/mol. The highest BCUT2D eigenvalue weighted by Crippen LogP contribution is 2.22. The number of hydrogen-bond donors (Lipinski definition) is 1. The van der Waals surface area contributed by atoms with E-state index in [2.05, 4.69) is 27.6 Å². The second kappa shape index (κ2) is 4.47. The van der Waals surface area contributed by atoms with E-state index in [-0.39, 0.29) is 5.82 Å². The van der Waals surface area contributed by atoms with Gasteiger partial charge in [0.15, 0.2) is 4.77 Å². The summed E-state index contributed by atoms with van der Waals surface area (Å²) >= 11 is 7.52. The maximum absolute atomic E-state index is 13.7. The van der Waals surface area contributed by atoms with Crippen molar-refractivity contribution in [3.05, 3.63) is 56.6 Å². The largest absolute Gasteiger partial charge is 0.328 e. The highest BCUT2D eigenvalue weighted by molar-refractivity contribution is 14.1. The van der Waals surface area contributed by atoms with Gasteiger partial charge in [0, 0.05) is 9.26 Å². The number of para-hydroxylation sites is 1. The first kappa shape index (κ1) is 11.9. The molecule has 1 aromatic heterocycles. The van der Waals surface area contributed by atoms with Gasteiger partial charge in [-0.15, -0.1) is 0 Å². The van der Waals surface area contributed by atoms with Crippen LogP contribution >= 0.6 is 34.8 Å². The van der Waals surface area contributed by atoms with Crippen LogP contribution in [0.5, 0.6) is 0 Å². The van der Waals surface area contributed by atoms with E-state index in [9.17, 15) is 4.39 Å². The monoisotopic (exact) mass is 370 g/mol. The van der Waals surface area contributed by atoms with Crippen molar-refractivity contribution >= 4 is 45.8 Å². The van der Waals surface area contributed by atoms with E-state index < -0.39 is 0 Å². The highest BCUT2D eigenvalue weighted by atomic mass is 127. The van der Waals surface area contributed by atoms with Gasteiger partial charge in [0.25, 0.3) is 0 Å². The molecule has 0 unspecified atom stereocenters. The number of H-pyrrole nitrogens is 1. The molecule has 0 saturated carbocycles. The van der Waals surface area contributed by atoms with Crippen LogP contribution in [0.2, 0.25) is 0 Å². The number of hydrogen-bond acceptors (Lipinski definition) is 1. The molecule has 2 nitrogen and oxygen atoms in total. The standard InChI is InChI=1S/C13H8FIN2S/c14-10-5-2-6-11-12(10)16-13(18)17(11)9-4-1-3-8(15)7-9/h1-7H,(H,16,18). The SMILES string of the molecule is Fc1cccc2c1[nH]c(=S)n2-c1cccc(I)c1. The number of benzene rings is 2. The zero-order chi connectivity index (χ0) is 12.7. The first-order chi connectivity index (χ1) is 8.66. The van der Waals surface area contributed by atoms with Gasteiger partial charge < -0.3 is 4.98 Å². The summed E-state index contributed by atoms with van der Waals surface area (Å²) in [6.45, 7) is 0. The number of nitrogens with zero attached hydrogens (tertiary/aromatic N) is 1. The van der Waals surface area contributed by atoms with Crippen molar-refractivity contribution in [3.63, 3.8) is 0 Å². The Morgan fingerprint density at radius 3 is 2.72 bits per heavy atom. The third-order valence-corrected chi connectivity index (χ3v) is 3.69. The molecule has 0 atom stereocenters. The Morgan fingerprint density at radius 1 is 1.17 bits per heavy atom. The lowest BCUT2D eigenvalue weighted by atomic mass is 10.2. The Labute approximate surface area is 122 Å². The molecule has 0 aliphatic rings. The summed E-state index contributed by atoms with van der Waals surface area (Å²) in [4.78, 5) is 2.91. The third kappa shape index (κ3) is 1.87. The van der Waals surface area contributed by atoms with Gasteiger partial charge in [-0.3, -0.25) is 4.57 Å². The fraction of sp³-hybridized carbons (Fsp3) is 0. The Bertz CT molecular complexity index is 791. The van der Waals surface area contributed by atoms with Gasteiger partial charge in [-0.2, -0.15) is 0 Å². The van der Waals surface area contributed by atoms with Crippen LogP contribution in [0, 0.1) is 14.2 Å². The van der Waals surface area contributed by atoms with Gasteiger partial charge in [0.05, 0.1) is 5.52 Å². The van der Waals surface area contributed by atoms with E-state index in [0.29, 0.717) is 10.3 Å². The van der Waals surface area contributed by atoms with Crippen molar-refractivity contribution in [2.75, 3.05) is 0 Å². The maximum atomic E-state index is 13.7. The summed E-state index contributed by atoms with van der Waals surface area (Å²) in [5.41, 5.74) is 2.13. The van der Waals surface area contributed by atoms with E-state index >= 15 is 0 Å². The lowest BCUT2D eigenvalue weighted by Crippen LogP contribution is -1.94. The van der Waals surface area contributed by atoms with Crippen molar-refractivity contribution in [1.82, 2.24) is 9.55 Å². The summed E-state index contributed by atoms with van der Waals surface area (Å²) in [6, 6.07) is 12.9. The molecule has 0 amide bonds. The number of halogens is 2. The van der Waals surface area contributed by atoms with Gasteiger partial charge in [0.1, 0.15) is 11.3 Å². The molecule has 1 heterocycles. The van der Waals surface area contributed by atoms with Crippen LogP contribution in [0.4, 0.5) is 4.39 Å². The van der Waals surface area contributed by atoms with E-state index in [1.807, 2.05) is 34.9 Å².